The number of aliphatic carboxylic acids is 1. The number of benzene rings is 2. The molecule has 2 nitrogen and oxygen atoms in total. The van der Waals surface area contributed by atoms with Gasteiger partial charge in [-0.15, -0.1) is 0 Å². The van der Waals surface area contributed by atoms with Gasteiger partial charge in [0.2, 0.25) is 0 Å². The zero-order valence-electron chi connectivity index (χ0n) is 13.1. The van der Waals surface area contributed by atoms with Crippen molar-refractivity contribution < 1.29 is 9.90 Å². The third-order valence-electron chi connectivity index (χ3n) is 2.42. The summed E-state index contributed by atoms with van der Waals surface area (Å²) in [6.07, 6.45) is 7.79. The minimum Gasteiger partial charge on any atom is -0.478 e. The van der Waals surface area contributed by atoms with Crippen LogP contribution in [0.25, 0.3) is 12.2 Å². The molecule has 0 heterocycles. The van der Waals surface area contributed by atoms with Crippen LogP contribution in [0.2, 0.25) is 0 Å². The molecule has 0 radical (unpaired) electrons. The number of rotatable bonds is 4. The van der Waals surface area contributed by atoms with Gasteiger partial charge in [-0.05, 0) is 17.2 Å². The summed E-state index contributed by atoms with van der Waals surface area (Å²) in [6, 6.07) is 19.3. The summed E-state index contributed by atoms with van der Waals surface area (Å²) in [5, 5.41) is 8.29. The highest BCUT2D eigenvalue weighted by Crippen LogP contribution is 2.00. The first-order valence-electron chi connectivity index (χ1n) is 7.01. The lowest BCUT2D eigenvalue weighted by Crippen LogP contribution is -1.85. The Bertz CT molecular complexity index is 605. The fourth-order valence-corrected chi connectivity index (χ4v) is 1.32. The van der Waals surface area contributed by atoms with E-state index in [1.165, 1.54) is 5.56 Å². The molecule has 2 aromatic carbocycles. The number of hydrogen-bond donors (Lipinski definition) is 1. The van der Waals surface area contributed by atoms with Gasteiger partial charge in [-0.25, -0.2) is 4.79 Å². The summed E-state index contributed by atoms with van der Waals surface area (Å²) < 4.78 is 0. The Balaban J connectivity index is 0.000000354. The van der Waals surface area contributed by atoms with Crippen molar-refractivity contribution in [3.05, 3.63) is 110 Å². The van der Waals surface area contributed by atoms with Crippen LogP contribution in [0.1, 0.15) is 11.1 Å². The van der Waals surface area contributed by atoms with Crippen molar-refractivity contribution in [2.45, 2.75) is 0 Å². The van der Waals surface area contributed by atoms with Crippen molar-refractivity contribution in [1.29, 1.82) is 0 Å². The Kier molecular flexibility index (Phi) is 12.0. The number of hydrogen-bond acceptors (Lipinski definition) is 1. The minimum atomic E-state index is -0.922. The molecular formula is C21H22O2. The first kappa shape index (κ1) is 19.9. The highest BCUT2D eigenvalue weighted by atomic mass is 16.4. The molecule has 0 atom stereocenters. The van der Waals surface area contributed by atoms with Crippen LogP contribution in [0.5, 0.6) is 0 Å². The SMILES string of the molecule is C=CC=C.C=Cc1ccccc1.O=C(O)C=Cc1ccccc1. The summed E-state index contributed by atoms with van der Waals surface area (Å²) >= 11 is 0. The highest BCUT2D eigenvalue weighted by Gasteiger charge is 1.86. The second-order valence-electron chi connectivity index (χ2n) is 4.17. The zero-order chi connectivity index (χ0) is 17.3. The highest BCUT2D eigenvalue weighted by molar-refractivity contribution is 5.85. The molecule has 1 N–H and O–H groups in total. The van der Waals surface area contributed by atoms with Gasteiger partial charge in [-0.1, -0.05) is 98.6 Å². The lowest BCUT2D eigenvalue weighted by atomic mass is 10.2. The van der Waals surface area contributed by atoms with E-state index in [2.05, 4.69) is 19.7 Å². The molecule has 2 rings (SSSR count). The van der Waals surface area contributed by atoms with E-state index in [1.807, 2.05) is 66.7 Å². The lowest BCUT2D eigenvalue weighted by molar-refractivity contribution is -0.131. The Morgan fingerprint density at radius 2 is 1.22 bits per heavy atom. The summed E-state index contributed by atoms with van der Waals surface area (Å²) in [4.78, 5) is 10.1. The first-order chi connectivity index (χ1) is 11.1. The molecule has 0 fully saturated rings. The molecule has 0 saturated heterocycles. The molecule has 0 bridgehead atoms. The Morgan fingerprint density at radius 3 is 1.52 bits per heavy atom. The molecule has 0 aliphatic rings. The zero-order valence-corrected chi connectivity index (χ0v) is 13.1. The molecular weight excluding hydrogens is 284 g/mol. The van der Waals surface area contributed by atoms with Crippen LogP contribution in [0.4, 0.5) is 0 Å². The molecule has 0 aliphatic carbocycles. The molecule has 2 heteroatoms. The van der Waals surface area contributed by atoms with Gasteiger partial charge in [-0.3, -0.25) is 0 Å². The van der Waals surface area contributed by atoms with Crippen molar-refractivity contribution in [3.8, 4) is 0 Å². The van der Waals surface area contributed by atoms with E-state index in [4.69, 9.17) is 5.11 Å². The van der Waals surface area contributed by atoms with Gasteiger partial charge in [0.15, 0.2) is 0 Å². The number of carboxylic acid groups (broad SMARTS) is 1. The van der Waals surface area contributed by atoms with Crippen molar-refractivity contribution >= 4 is 18.1 Å². The molecule has 23 heavy (non-hydrogen) atoms. The van der Waals surface area contributed by atoms with Gasteiger partial charge < -0.3 is 5.11 Å². The maximum atomic E-state index is 10.1. The van der Waals surface area contributed by atoms with Crippen molar-refractivity contribution in [3.63, 3.8) is 0 Å². The van der Waals surface area contributed by atoms with Crippen LogP contribution >= 0.6 is 0 Å². The molecule has 2 aromatic rings. The maximum Gasteiger partial charge on any atom is 0.328 e. The molecule has 118 valence electrons. The molecule has 0 spiro atoms. The second kappa shape index (κ2) is 13.8. The number of carbonyl (C=O) groups is 1. The van der Waals surface area contributed by atoms with Crippen LogP contribution in [-0.4, -0.2) is 11.1 Å². The van der Waals surface area contributed by atoms with Gasteiger partial charge in [0, 0.05) is 6.08 Å². The van der Waals surface area contributed by atoms with E-state index in [0.29, 0.717) is 0 Å². The topological polar surface area (TPSA) is 37.3 Å². The number of allylic oxidation sites excluding steroid dienone is 2. The molecule has 0 unspecified atom stereocenters. The predicted octanol–water partition coefficient (Wildman–Crippen LogP) is 5.47. The third-order valence-corrected chi connectivity index (χ3v) is 2.42. The van der Waals surface area contributed by atoms with E-state index < -0.39 is 5.97 Å². The largest absolute Gasteiger partial charge is 0.478 e. The minimum absolute atomic E-state index is 0.898. The summed E-state index contributed by atoms with van der Waals surface area (Å²) in [5.41, 5.74) is 2.07. The van der Waals surface area contributed by atoms with Crippen LogP contribution < -0.4 is 0 Å². The second-order valence-corrected chi connectivity index (χ2v) is 4.17. The van der Waals surface area contributed by atoms with Gasteiger partial charge in [0.05, 0.1) is 0 Å². The first-order valence-corrected chi connectivity index (χ1v) is 7.01. The maximum absolute atomic E-state index is 10.1. The Morgan fingerprint density at radius 1 is 0.783 bits per heavy atom. The van der Waals surface area contributed by atoms with E-state index in [-0.39, 0.29) is 0 Å². The van der Waals surface area contributed by atoms with Gasteiger partial charge >= 0.3 is 5.97 Å². The summed E-state index contributed by atoms with van der Waals surface area (Å²) in [7, 11) is 0. The monoisotopic (exact) mass is 306 g/mol. The standard InChI is InChI=1S/C9H8O2.C8H8.C4H6/c10-9(11)7-6-8-4-2-1-3-5-8;1-2-8-6-4-3-5-7-8;1-3-4-2/h1-7H,(H,10,11);2-7H,1H2;3-4H,1-2H2. The fourth-order valence-electron chi connectivity index (χ4n) is 1.32. The van der Waals surface area contributed by atoms with Crippen LogP contribution in [0, 0.1) is 0 Å². The molecule has 0 saturated carbocycles. The third kappa shape index (κ3) is 12.3. The summed E-state index contributed by atoms with van der Waals surface area (Å²) in [5.74, 6) is -0.922. The fraction of sp³-hybridized carbons (Fsp3) is 0. The van der Waals surface area contributed by atoms with Crippen molar-refractivity contribution in [1.82, 2.24) is 0 Å². The van der Waals surface area contributed by atoms with Gasteiger partial charge in [0.1, 0.15) is 0 Å². The molecule has 0 aromatic heterocycles. The van der Waals surface area contributed by atoms with Crippen LogP contribution in [-0.2, 0) is 4.79 Å². The Labute approximate surface area is 138 Å². The van der Waals surface area contributed by atoms with Gasteiger partial charge in [0.25, 0.3) is 0 Å². The van der Waals surface area contributed by atoms with E-state index >= 15 is 0 Å². The van der Waals surface area contributed by atoms with Crippen LogP contribution in [0.3, 0.4) is 0 Å². The molecule has 0 aliphatic heterocycles. The van der Waals surface area contributed by atoms with E-state index in [1.54, 1.807) is 18.2 Å². The average Bonchev–Trinajstić information content (AvgIpc) is 2.62. The van der Waals surface area contributed by atoms with Gasteiger partial charge in [-0.2, -0.15) is 0 Å². The number of carboxylic acids is 1. The normalized spacial score (nSPS) is 8.70. The van der Waals surface area contributed by atoms with Crippen LogP contribution in [0.15, 0.2) is 98.6 Å². The molecule has 0 amide bonds. The van der Waals surface area contributed by atoms with E-state index in [0.717, 1.165) is 11.6 Å². The van der Waals surface area contributed by atoms with Crippen molar-refractivity contribution in [2.75, 3.05) is 0 Å². The van der Waals surface area contributed by atoms with E-state index in [9.17, 15) is 4.79 Å². The smallest absolute Gasteiger partial charge is 0.328 e. The average molecular weight is 306 g/mol. The van der Waals surface area contributed by atoms with Crippen molar-refractivity contribution in [2.24, 2.45) is 0 Å². The Hall–Kier alpha value is -3.13. The summed E-state index contributed by atoms with van der Waals surface area (Å²) in [6.45, 7) is 10.4. The lowest BCUT2D eigenvalue weighted by Gasteiger charge is -1.87. The quantitative estimate of drug-likeness (QED) is 0.600. The predicted molar refractivity (Wildman–Crippen MR) is 100 cm³/mol.